The van der Waals surface area contributed by atoms with E-state index >= 15 is 0 Å². The van der Waals surface area contributed by atoms with Crippen LogP contribution in [0, 0.1) is 0 Å². The van der Waals surface area contributed by atoms with E-state index < -0.39 is 0 Å². The predicted molar refractivity (Wildman–Crippen MR) is 61.9 cm³/mol. The van der Waals surface area contributed by atoms with E-state index in [-0.39, 0.29) is 17.8 Å². The average Bonchev–Trinajstić information content (AvgIpc) is 2.61. The molecule has 0 aromatic carbocycles. The molecule has 0 radical (unpaired) electrons. The van der Waals surface area contributed by atoms with Crippen molar-refractivity contribution in [2.45, 2.75) is 49.9 Å². The van der Waals surface area contributed by atoms with E-state index in [9.17, 15) is 0 Å². The fraction of sp³-hybridized carbons (Fsp3) is 0.692. The maximum atomic E-state index is 6.13. The van der Waals surface area contributed by atoms with Crippen LogP contribution < -0.4 is 0 Å². The van der Waals surface area contributed by atoms with Gasteiger partial charge in [-0.25, -0.2) is 0 Å². The van der Waals surface area contributed by atoms with Crippen LogP contribution in [0.4, 0.5) is 0 Å². The van der Waals surface area contributed by atoms with Crippen LogP contribution in [0.1, 0.15) is 32.1 Å². The highest BCUT2D eigenvalue weighted by Gasteiger charge is 2.46. The second-order valence-corrected chi connectivity index (χ2v) is 4.59. The molecule has 90 valence electrons. The predicted octanol–water partition coefficient (Wildman–Crippen LogP) is 2.78. The van der Waals surface area contributed by atoms with E-state index in [2.05, 4.69) is 13.2 Å². The first kappa shape index (κ1) is 11.5. The summed E-state index contributed by atoms with van der Waals surface area (Å²) in [6.07, 6.45) is 8.73. The van der Waals surface area contributed by atoms with Gasteiger partial charge in [0, 0.05) is 0 Å². The molecule has 0 saturated carbocycles. The van der Waals surface area contributed by atoms with Gasteiger partial charge in [-0.2, -0.15) is 0 Å². The minimum absolute atomic E-state index is 0.0991. The number of hydrogen-bond acceptors (Lipinski definition) is 3. The Hall–Kier alpha value is -0.960. The van der Waals surface area contributed by atoms with Crippen LogP contribution in [-0.4, -0.2) is 24.4 Å². The molecule has 0 aliphatic carbocycles. The lowest BCUT2D eigenvalue weighted by atomic mass is 9.90. The zero-order valence-corrected chi connectivity index (χ0v) is 9.69. The summed E-state index contributed by atoms with van der Waals surface area (Å²) in [4.78, 5) is 0. The quantitative estimate of drug-likeness (QED) is 0.672. The number of hydrogen-bond donors (Lipinski definition) is 0. The second kappa shape index (κ2) is 4.91. The topological polar surface area (TPSA) is 27.7 Å². The molecule has 3 nitrogen and oxygen atoms in total. The standard InChI is InChI=1S/C13H20O3/c1-3-14-10-13-8-5-6-11(15-4-2)12(16-13)7-9-13/h3-4,11-12H,1-2,5-10H2. The highest BCUT2D eigenvalue weighted by molar-refractivity contribution is 4.95. The molecule has 3 atom stereocenters. The Morgan fingerprint density at radius 1 is 1.25 bits per heavy atom. The molecule has 2 fully saturated rings. The van der Waals surface area contributed by atoms with Crippen LogP contribution in [0.25, 0.3) is 0 Å². The smallest absolute Gasteiger partial charge is 0.124 e. The molecule has 2 heterocycles. The molecule has 0 N–H and O–H groups in total. The van der Waals surface area contributed by atoms with Crippen molar-refractivity contribution in [1.82, 2.24) is 0 Å². The second-order valence-electron chi connectivity index (χ2n) is 4.59. The van der Waals surface area contributed by atoms with E-state index in [4.69, 9.17) is 14.2 Å². The third kappa shape index (κ3) is 2.24. The SMILES string of the molecule is C=COCC12CCCC(OC=C)C(CC1)O2. The number of ether oxygens (including phenoxy) is 3. The Kier molecular flexibility index (Phi) is 3.54. The highest BCUT2D eigenvalue weighted by Crippen LogP contribution is 2.41. The van der Waals surface area contributed by atoms with Crippen molar-refractivity contribution in [2.24, 2.45) is 0 Å². The molecule has 2 bridgehead atoms. The van der Waals surface area contributed by atoms with Crippen LogP contribution in [0.3, 0.4) is 0 Å². The van der Waals surface area contributed by atoms with E-state index in [0.29, 0.717) is 6.61 Å². The van der Waals surface area contributed by atoms with Gasteiger partial charge in [0.2, 0.25) is 0 Å². The van der Waals surface area contributed by atoms with Gasteiger partial charge >= 0.3 is 0 Å². The van der Waals surface area contributed by atoms with Crippen molar-refractivity contribution in [2.75, 3.05) is 6.61 Å². The maximum Gasteiger partial charge on any atom is 0.124 e. The van der Waals surface area contributed by atoms with Gasteiger partial charge in [-0.15, -0.1) is 0 Å². The van der Waals surface area contributed by atoms with Crippen molar-refractivity contribution >= 4 is 0 Å². The monoisotopic (exact) mass is 224 g/mol. The minimum atomic E-state index is -0.0991. The van der Waals surface area contributed by atoms with Crippen molar-refractivity contribution in [3.05, 3.63) is 25.7 Å². The molecule has 3 heteroatoms. The summed E-state index contributed by atoms with van der Waals surface area (Å²) >= 11 is 0. The molecule has 0 spiro atoms. The Morgan fingerprint density at radius 2 is 2.12 bits per heavy atom. The molecule has 2 saturated heterocycles. The van der Waals surface area contributed by atoms with E-state index in [1.54, 1.807) is 0 Å². The van der Waals surface area contributed by atoms with Gasteiger partial charge in [0.25, 0.3) is 0 Å². The van der Waals surface area contributed by atoms with Gasteiger partial charge in [0.05, 0.1) is 18.6 Å². The summed E-state index contributed by atoms with van der Waals surface area (Å²) in [5, 5.41) is 0. The van der Waals surface area contributed by atoms with Crippen LogP contribution >= 0.6 is 0 Å². The Labute approximate surface area is 97.1 Å². The van der Waals surface area contributed by atoms with Gasteiger partial charge < -0.3 is 14.2 Å². The molecule has 2 aliphatic rings. The molecule has 0 aromatic rings. The van der Waals surface area contributed by atoms with Crippen LogP contribution in [0.5, 0.6) is 0 Å². The van der Waals surface area contributed by atoms with Gasteiger partial charge in [-0.3, -0.25) is 0 Å². The van der Waals surface area contributed by atoms with E-state index in [1.807, 2.05) is 0 Å². The first-order valence-corrected chi connectivity index (χ1v) is 5.96. The van der Waals surface area contributed by atoms with Gasteiger partial charge in [-0.1, -0.05) is 13.2 Å². The van der Waals surface area contributed by atoms with Crippen LogP contribution in [-0.2, 0) is 14.2 Å². The molecule has 3 unspecified atom stereocenters. The average molecular weight is 224 g/mol. The summed E-state index contributed by atoms with van der Waals surface area (Å²) in [6, 6.07) is 0. The lowest BCUT2D eigenvalue weighted by Gasteiger charge is -2.27. The van der Waals surface area contributed by atoms with Gasteiger partial charge in [0.15, 0.2) is 0 Å². The van der Waals surface area contributed by atoms with E-state index in [1.165, 1.54) is 12.5 Å². The number of fused-ring (bicyclic) bond motifs is 2. The molecule has 0 amide bonds. The molecular weight excluding hydrogens is 204 g/mol. The number of rotatable bonds is 5. The fourth-order valence-corrected chi connectivity index (χ4v) is 2.77. The zero-order valence-electron chi connectivity index (χ0n) is 9.69. The molecule has 16 heavy (non-hydrogen) atoms. The van der Waals surface area contributed by atoms with Crippen molar-refractivity contribution in [1.29, 1.82) is 0 Å². The Bertz CT molecular complexity index is 264. The third-order valence-electron chi connectivity index (χ3n) is 3.56. The first-order valence-electron chi connectivity index (χ1n) is 5.96. The van der Waals surface area contributed by atoms with Gasteiger partial charge in [0.1, 0.15) is 18.3 Å². The zero-order chi connectivity index (χ0) is 11.4. The minimum Gasteiger partial charge on any atom is -0.499 e. The third-order valence-corrected chi connectivity index (χ3v) is 3.56. The summed E-state index contributed by atoms with van der Waals surface area (Å²) in [6.45, 7) is 7.81. The Balaban J connectivity index is 2.00. The summed E-state index contributed by atoms with van der Waals surface area (Å²) in [7, 11) is 0. The molecular formula is C13H20O3. The van der Waals surface area contributed by atoms with Gasteiger partial charge in [-0.05, 0) is 32.1 Å². The summed E-state index contributed by atoms with van der Waals surface area (Å²) in [5.74, 6) is 0. The van der Waals surface area contributed by atoms with Crippen molar-refractivity contribution in [3.8, 4) is 0 Å². The lowest BCUT2D eigenvalue weighted by Crippen LogP contribution is -2.34. The highest BCUT2D eigenvalue weighted by atomic mass is 16.6. The maximum absolute atomic E-state index is 6.13. The van der Waals surface area contributed by atoms with Crippen molar-refractivity contribution in [3.63, 3.8) is 0 Å². The molecule has 0 aromatic heterocycles. The first-order chi connectivity index (χ1) is 7.79. The molecule has 2 rings (SSSR count). The normalized spacial score (nSPS) is 37.5. The molecule has 2 aliphatic heterocycles. The summed E-state index contributed by atoms with van der Waals surface area (Å²) in [5.41, 5.74) is -0.0991. The Morgan fingerprint density at radius 3 is 2.88 bits per heavy atom. The lowest BCUT2D eigenvalue weighted by molar-refractivity contribution is -0.100. The van der Waals surface area contributed by atoms with Crippen LogP contribution in [0.15, 0.2) is 25.7 Å². The fourth-order valence-electron chi connectivity index (χ4n) is 2.77. The largest absolute Gasteiger partial charge is 0.499 e. The van der Waals surface area contributed by atoms with E-state index in [0.717, 1.165) is 32.1 Å². The van der Waals surface area contributed by atoms with Crippen molar-refractivity contribution < 1.29 is 14.2 Å². The van der Waals surface area contributed by atoms with Crippen LogP contribution in [0.2, 0.25) is 0 Å². The summed E-state index contributed by atoms with van der Waals surface area (Å²) < 4.78 is 17.0.